The molecule has 0 unspecified atom stereocenters. The van der Waals surface area contributed by atoms with Crippen LogP contribution in [-0.2, 0) is 6.42 Å². The Morgan fingerprint density at radius 2 is 2.13 bits per heavy atom. The Hall–Kier alpha value is -0.830. The fraction of sp³-hybridized carbons (Fsp3) is 0.750. The average molecular weight is 208 g/mol. The van der Waals surface area contributed by atoms with Gasteiger partial charge >= 0.3 is 0 Å². The zero-order valence-electron chi connectivity index (χ0n) is 9.24. The van der Waals surface area contributed by atoms with Crippen molar-refractivity contribution in [3.63, 3.8) is 0 Å². The summed E-state index contributed by atoms with van der Waals surface area (Å²) in [5, 5.41) is 3.93. The molecule has 1 aromatic heterocycles. The summed E-state index contributed by atoms with van der Waals surface area (Å²) in [6.07, 6.45) is 10.6. The molecule has 1 aliphatic rings. The fourth-order valence-electron chi connectivity index (χ4n) is 2.47. The summed E-state index contributed by atoms with van der Waals surface area (Å²) in [6, 6.07) is 0. The van der Waals surface area contributed by atoms with E-state index in [9.17, 15) is 0 Å². The molecule has 0 atom stereocenters. The highest BCUT2D eigenvalue weighted by atomic mass is 16.5. The van der Waals surface area contributed by atoms with Crippen molar-refractivity contribution in [1.29, 1.82) is 0 Å². The predicted molar refractivity (Wildman–Crippen MR) is 59.7 cm³/mol. The first-order valence-electron chi connectivity index (χ1n) is 6.05. The third-order valence-electron chi connectivity index (χ3n) is 3.33. The lowest BCUT2D eigenvalue weighted by atomic mass is 9.84. The van der Waals surface area contributed by atoms with Crippen LogP contribution in [0.15, 0.2) is 10.7 Å². The number of nitrogens with zero attached hydrogens (tertiary/aromatic N) is 1. The summed E-state index contributed by atoms with van der Waals surface area (Å²) < 4.78 is 5.31. The van der Waals surface area contributed by atoms with Crippen LogP contribution in [0.1, 0.15) is 55.8 Å². The van der Waals surface area contributed by atoms with Crippen LogP contribution in [0.2, 0.25) is 0 Å². The summed E-state index contributed by atoms with van der Waals surface area (Å²) >= 11 is 0. The van der Waals surface area contributed by atoms with Crippen molar-refractivity contribution in [3.8, 4) is 0 Å². The molecule has 0 saturated heterocycles. The standard InChI is InChI=1S/C12H20N2O/c13-8-4-7-12-11(9-14-15-12)10-5-2-1-3-6-10/h9-10H,1-8,13H2. The van der Waals surface area contributed by atoms with E-state index >= 15 is 0 Å². The summed E-state index contributed by atoms with van der Waals surface area (Å²) in [5.74, 6) is 1.77. The van der Waals surface area contributed by atoms with Crippen LogP contribution in [0, 0.1) is 0 Å². The number of nitrogens with two attached hydrogens (primary N) is 1. The van der Waals surface area contributed by atoms with Crippen LogP contribution in [0.3, 0.4) is 0 Å². The predicted octanol–water partition coefficient (Wildman–Crippen LogP) is 2.61. The van der Waals surface area contributed by atoms with E-state index in [-0.39, 0.29) is 0 Å². The highest BCUT2D eigenvalue weighted by molar-refractivity contribution is 5.19. The third kappa shape index (κ3) is 2.59. The lowest BCUT2D eigenvalue weighted by molar-refractivity contribution is 0.373. The van der Waals surface area contributed by atoms with Crippen molar-refractivity contribution in [2.24, 2.45) is 5.73 Å². The molecule has 84 valence electrons. The average Bonchev–Trinajstić information content (AvgIpc) is 2.75. The maximum atomic E-state index is 5.51. The van der Waals surface area contributed by atoms with Crippen molar-refractivity contribution in [3.05, 3.63) is 17.5 Å². The third-order valence-corrected chi connectivity index (χ3v) is 3.33. The normalized spacial score (nSPS) is 18.2. The van der Waals surface area contributed by atoms with Gasteiger partial charge in [0.05, 0.1) is 6.20 Å². The van der Waals surface area contributed by atoms with E-state index in [0.29, 0.717) is 5.92 Å². The minimum atomic E-state index is 0.692. The second-order valence-corrected chi connectivity index (χ2v) is 4.43. The smallest absolute Gasteiger partial charge is 0.140 e. The van der Waals surface area contributed by atoms with Gasteiger partial charge in [-0.1, -0.05) is 24.4 Å². The zero-order valence-corrected chi connectivity index (χ0v) is 9.24. The summed E-state index contributed by atoms with van der Waals surface area (Å²) in [7, 11) is 0. The Labute approximate surface area is 91.0 Å². The maximum absolute atomic E-state index is 5.51. The highest BCUT2D eigenvalue weighted by Gasteiger charge is 2.20. The molecule has 1 aromatic rings. The molecule has 3 nitrogen and oxygen atoms in total. The number of hydrogen-bond acceptors (Lipinski definition) is 3. The SMILES string of the molecule is NCCCc1oncc1C1CCCCC1. The van der Waals surface area contributed by atoms with Gasteiger partial charge in [0.25, 0.3) is 0 Å². The molecule has 1 aliphatic carbocycles. The van der Waals surface area contributed by atoms with Crippen molar-refractivity contribution in [1.82, 2.24) is 5.16 Å². The van der Waals surface area contributed by atoms with Crippen molar-refractivity contribution < 1.29 is 4.52 Å². The van der Waals surface area contributed by atoms with Gasteiger partial charge in [-0.05, 0) is 31.7 Å². The summed E-state index contributed by atoms with van der Waals surface area (Å²) in [4.78, 5) is 0. The second kappa shape index (κ2) is 5.31. The molecular weight excluding hydrogens is 188 g/mol. The van der Waals surface area contributed by atoms with Gasteiger partial charge in [0.2, 0.25) is 0 Å². The van der Waals surface area contributed by atoms with Crippen molar-refractivity contribution in [2.45, 2.75) is 50.9 Å². The first kappa shape index (κ1) is 10.7. The summed E-state index contributed by atoms with van der Waals surface area (Å²) in [6.45, 7) is 0.727. The van der Waals surface area contributed by atoms with E-state index in [1.165, 1.54) is 37.7 Å². The van der Waals surface area contributed by atoms with E-state index in [4.69, 9.17) is 10.3 Å². The van der Waals surface area contributed by atoms with E-state index < -0.39 is 0 Å². The van der Waals surface area contributed by atoms with E-state index in [0.717, 1.165) is 25.1 Å². The van der Waals surface area contributed by atoms with Gasteiger partial charge in [0.1, 0.15) is 5.76 Å². The van der Waals surface area contributed by atoms with Crippen LogP contribution in [0.4, 0.5) is 0 Å². The van der Waals surface area contributed by atoms with Crippen molar-refractivity contribution in [2.75, 3.05) is 6.54 Å². The van der Waals surface area contributed by atoms with Crippen molar-refractivity contribution >= 4 is 0 Å². The Morgan fingerprint density at radius 1 is 1.33 bits per heavy atom. The van der Waals surface area contributed by atoms with Gasteiger partial charge in [-0.2, -0.15) is 0 Å². The van der Waals surface area contributed by atoms with Gasteiger partial charge in [-0.15, -0.1) is 0 Å². The summed E-state index contributed by atoms with van der Waals surface area (Å²) in [5.41, 5.74) is 6.86. The first-order chi connectivity index (χ1) is 7.42. The Morgan fingerprint density at radius 3 is 2.87 bits per heavy atom. The molecule has 2 N–H and O–H groups in total. The molecule has 3 heteroatoms. The fourth-order valence-corrected chi connectivity index (χ4v) is 2.47. The van der Waals surface area contributed by atoms with E-state index in [1.54, 1.807) is 0 Å². The van der Waals surface area contributed by atoms with E-state index in [1.807, 2.05) is 6.20 Å². The maximum Gasteiger partial charge on any atom is 0.140 e. The van der Waals surface area contributed by atoms with Gasteiger partial charge in [-0.25, -0.2) is 0 Å². The molecule has 1 heterocycles. The quantitative estimate of drug-likeness (QED) is 0.827. The van der Waals surface area contributed by atoms with Crippen LogP contribution >= 0.6 is 0 Å². The van der Waals surface area contributed by atoms with Gasteiger partial charge in [-0.3, -0.25) is 0 Å². The molecule has 0 bridgehead atoms. The number of hydrogen-bond donors (Lipinski definition) is 1. The number of rotatable bonds is 4. The van der Waals surface area contributed by atoms with Crippen LogP contribution < -0.4 is 5.73 Å². The highest BCUT2D eigenvalue weighted by Crippen LogP contribution is 2.34. The molecule has 1 fully saturated rings. The zero-order chi connectivity index (χ0) is 10.5. The monoisotopic (exact) mass is 208 g/mol. The topological polar surface area (TPSA) is 52.0 Å². The van der Waals surface area contributed by atoms with Gasteiger partial charge < -0.3 is 10.3 Å². The molecule has 1 saturated carbocycles. The van der Waals surface area contributed by atoms with Crippen LogP contribution in [0.25, 0.3) is 0 Å². The second-order valence-electron chi connectivity index (χ2n) is 4.43. The Bertz CT molecular complexity index is 290. The molecular formula is C12H20N2O. The Kier molecular flexibility index (Phi) is 3.78. The first-order valence-corrected chi connectivity index (χ1v) is 6.05. The van der Waals surface area contributed by atoms with Crippen LogP contribution in [0.5, 0.6) is 0 Å². The van der Waals surface area contributed by atoms with Gasteiger partial charge in [0.15, 0.2) is 0 Å². The molecule has 0 spiro atoms. The number of aryl methyl sites for hydroxylation is 1. The lowest BCUT2D eigenvalue weighted by Crippen LogP contribution is -2.07. The van der Waals surface area contributed by atoms with Crippen LogP contribution in [-0.4, -0.2) is 11.7 Å². The Balaban J connectivity index is 2.02. The van der Waals surface area contributed by atoms with E-state index in [2.05, 4.69) is 5.16 Å². The molecule has 0 amide bonds. The molecule has 15 heavy (non-hydrogen) atoms. The lowest BCUT2D eigenvalue weighted by Gasteiger charge is -2.20. The molecule has 0 aromatic carbocycles. The molecule has 0 radical (unpaired) electrons. The largest absolute Gasteiger partial charge is 0.361 e. The minimum Gasteiger partial charge on any atom is -0.361 e. The number of aromatic nitrogens is 1. The minimum absolute atomic E-state index is 0.692. The molecule has 2 rings (SSSR count). The van der Waals surface area contributed by atoms with Gasteiger partial charge in [0, 0.05) is 12.0 Å². The molecule has 0 aliphatic heterocycles.